The highest BCUT2D eigenvalue weighted by molar-refractivity contribution is 6.00. The van der Waals surface area contributed by atoms with Crippen LogP contribution in [0, 0.1) is 0 Å². The molecule has 0 fully saturated rings. The van der Waals surface area contributed by atoms with Gasteiger partial charge in [0, 0.05) is 12.1 Å². The Morgan fingerprint density at radius 2 is 1.96 bits per heavy atom. The third kappa shape index (κ3) is 4.04. The van der Waals surface area contributed by atoms with Crippen LogP contribution in [0.2, 0.25) is 0 Å². The van der Waals surface area contributed by atoms with Crippen molar-refractivity contribution in [1.29, 1.82) is 0 Å². The van der Waals surface area contributed by atoms with Gasteiger partial charge in [0.15, 0.2) is 6.10 Å². The van der Waals surface area contributed by atoms with Gasteiger partial charge in [0.25, 0.3) is 5.91 Å². The number of rotatable bonds is 8. The van der Waals surface area contributed by atoms with E-state index >= 15 is 0 Å². The number of unbranched alkanes of at least 4 members (excludes halogenated alkanes) is 1. The zero-order valence-corrected chi connectivity index (χ0v) is 14.9. The van der Waals surface area contributed by atoms with Crippen molar-refractivity contribution in [1.82, 2.24) is 0 Å². The number of hydrogen-bond acceptors (Lipinski definition) is 4. The second kappa shape index (κ2) is 8.52. The molecule has 0 radical (unpaired) electrons. The second-order valence-electron chi connectivity index (χ2n) is 6.22. The first-order valence-corrected chi connectivity index (χ1v) is 8.98. The lowest BCUT2D eigenvalue weighted by Crippen LogP contribution is -2.46. The van der Waals surface area contributed by atoms with E-state index in [-0.39, 0.29) is 5.91 Å². The Labute approximate surface area is 153 Å². The number of benzene rings is 2. The topological polar surface area (TPSA) is 55.8 Å². The van der Waals surface area contributed by atoms with Crippen LogP contribution in [0.3, 0.4) is 0 Å². The number of nitrogens with zero attached hydrogens (tertiary/aromatic N) is 1. The maximum atomic E-state index is 12.7. The minimum absolute atomic E-state index is 0.0490. The average Bonchev–Trinajstić information content (AvgIpc) is 2.69. The molecule has 1 heterocycles. The maximum absolute atomic E-state index is 12.7. The van der Waals surface area contributed by atoms with Crippen molar-refractivity contribution < 1.29 is 19.1 Å². The van der Waals surface area contributed by atoms with E-state index in [0.717, 1.165) is 24.9 Å². The Balaban J connectivity index is 1.62. The summed E-state index contributed by atoms with van der Waals surface area (Å²) in [6.45, 7) is 3.10. The molecule has 136 valence electrons. The Morgan fingerprint density at radius 1 is 1.15 bits per heavy atom. The fourth-order valence-electron chi connectivity index (χ4n) is 2.98. The van der Waals surface area contributed by atoms with Crippen LogP contribution in [-0.4, -0.2) is 31.4 Å². The van der Waals surface area contributed by atoms with Crippen molar-refractivity contribution in [3.8, 4) is 11.5 Å². The largest absolute Gasteiger partial charge is 0.494 e. The molecule has 0 bridgehead atoms. The van der Waals surface area contributed by atoms with Gasteiger partial charge in [-0.3, -0.25) is 9.59 Å². The van der Waals surface area contributed by atoms with Crippen molar-refractivity contribution in [2.75, 3.05) is 18.1 Å². The number of fused-ring (bicyclic) bond motifs is 1. The summed E-state index contributed by atoms with van der Waals surface area (Å²) >= 11 is 0. The standard InChI is InChI=1S/C21H23NO4/c1-2-19-21(24)22(18-14-16(15-23)10-11-20(18)26-19)12-6-7-13-25-17-8-4-3-5-9-17/h3-5,8-11,14-15,19H,2,6-7,12-13H2,1H3. The van der Waals surface area contributed by atoms with Crippen LogP contribution in [0.5, 0.6) is 11.5 Å². The fraction of sp³-hybridized carbons (Fsp3) is 0.333. The van der Waals surface area contributed by atoms with E-state index in [4.69, 9.17) is 9.47 Å². The number of para-hydroxylation sites is 1. The molecule has 2 aromatic rings. The Hall–Kier alpha value is -2.82. The molecule has 5 nitrogen and oxygen atoms in total. The molecule has 1 amide bonds. The molecule has 0 saturated carbocycles. The van der Waals surface area contributed by atoms with E-state index in [0.29, 0.717) is 36.6 Å². The van der Waals surface area contributed by atoms with E-state index in [1.54, 1.807) is 23.1 Å². The van der Waals surface area contributed by atoms with Gasteiger partial charge in [0.05, 0.1) is 12.3 Å². The third-order valence-corrected chi connectivity index (χ3v) is 4.38. The number of anilines is 1. The zero-order chi connectivity index (χ0) is 18.4. The number of amides is 1. The lowest BCUT2D eigenvalue weighted by atomic mass is 10.1. The SMILES string of the molecule is CCC1Oc2ccc(C=O)cc2N(CCCCOc2ccccc2)C1=O. The van der Waals surface area contributed by atoms with Crippen LogP contribution in [-0.2, 0) is 4.79 Å². The number of aldehydes is 1. The van der Waals surface area contributed by atoms with Gasteiger partial charge in [-0.05, 0) is 49.6 Å². The molecule has 1 atom stereocenters. The monoisotopic (exact) mass is 353 g/mol. The maximum Gasteiger partial charge on any atom is 0.268 e. The minimum atomic E-state index is -0.467. The van der Waals surface area contributed by atoms with E-state index in [9.17, 15) is 9.59 Å². The molecular weight excluding hydrogens is 330 g/mol. The van der Waals surface area contributed by atoms with Gasteiger partial charge < -0.3 is 14.4 Å². The first kappa shape index (κ1) is 18.0. The van der Waals surface area contributed by atoms with Gasteiger partial charge in [-0.15, -0.1) is 0 Å². The van der Waals surface area contributed by atoms with Gasteiger partial charge in [-0.2, -0.15) is 0 Å². The molecule has 1 aliphatic heterocycles. The van der Waals surface area contributed by atoms with E-state index in [2.05, 4.69) is 0 Å². The van der Waals surface area contributed by atoms with Crippen LogP contribution in [0.1, 0.15) is 36.5 Å². The van der Waals surface area contributed by atoms with Crippen LogP contribution in [0.4, 0.5) is 5.69 Å². The van der Waals surface area contributed by atoms with Gasteiger partial charge in [0.2, 0.25) is 0 Å². The molecule has 1 aliphatic rings. The van der Waals surface area contributed by atoms with Crippen molar-refractivity contribution in [2.24, 2.45) is 0 Å². The predicted molar refractivity (Wildman–Crippen MR) is 100 cm³/mol. The molecule has 0 saturated heterocycles. The summed E-state index contributed by atoms with van der Waals surface area (Å²) < 4.78 is 11.5. The molecule has 0 aromatic heterocycles. The molecule has 0 N–H and O–H groups in total. The quantitative estimate of drug-likeness (QED) is 0.534. The van der Waals surface area contributed by atoms with Crippen LogP contribution >= 0.6 is 0 Å². The second-order valence-corrected chi connectivity index (χ2v) is 6.22. The van der Waals surface area contributed by atoms with E-state index < -0.39 is 6.10 Å². The molecule has 26 heavy (non-hydrogen) atoms. The highest BCUT2D eigenvalue weighted by Crippen LogP contribution is 2.35. The summed E-state index contributed by atoms with van der Waals surface area (Å²) in [5.74, 6) is 1.46. The predicted octanol–water partition coefficient (Wildman–Crippen LogP) is 3.86. The summed E-state index contributed by atoms with van der Waals surface area (Å²) in [6, 6.07) is 14.9. The van der Waals surface area contributed by atoms with Crippen LogP contribution in [0.15, 0.2) is 48.5 Å². The molecule has 1 unspecified atom stereocenters. The highest BCUT2D eigenvalue weighted by Gasteiger charge is 2.33. The average molecular weight is 353 g/mol. The molecular formula is C21H23NO4. The minimum Gasteiger partial charge on any atom is -0.494 e. The molecule has 5 heteroatoms. The number of hydrogen-bond donors (Lipinski definition) is 0. The fourth-order valence-corrected chi connectivity index (χ4v) is 2.98. The Kier molecular flexibility index (Phi) is 5.89. The number of ether oxygens (including phenoxy) is 2. The Bertz CT molecular complexity index is 760. The smallest absolute Gasteiger partial charge is 0.268 e. The number of carbonyl (C=O) groups excluding carboxylic acids is 2. The number of carbonyl (C=O) groups is 2. The Morgan fingerprint density at radius 3 is 2.69 bits per heavy atom. The van der Waals surface area contributed by atoms with Crippen LogP contribution < -0.4 is 14.4 Å². The van der Waals surface area contributed by atoms with Crippen molar-refractivity contribution in [3.05, 3.63) is 54.1 Å². The van der Waals surface area contributed by atoms with E-state index in [1.807, 2.05) is 37.3 Å². The van der Waals surface area contributed by atoms with Crippen LogP contribution in [0.25, 0.3) is 0 Å². The molecule has 3 rings (SSSR count). The summed E-state index contributed by atoms with van der Waals surface area (Å²) in [4.78, 5) is 25.5. The molecule has 0 aliphatic carbocycles. The van der Waals surface area contributed by atoms with Crippen molar-refractivity contribution in [2.45, 2.75) is 32.3 Å². The van der Waals surface area contributed by atoms with Crippen molar-refractivity contribution in [3.63, 3.8) is 0 Å². The summed E-state index contributed by atoms with van der Waals surface area (Å²) in [5.41, 5.74) is 1.21. The van der Waals surface area contributed by atoms with E-state index in [1.165, 1.54) is 0 Å². The molecule has 0 spiro atoms. The summed E-state index contributed by atoms with van der Waals surface area (Å²) in [5, 5.41) is 0. The first-order chi connectivity index (χ1) is 12.7. The molecule has 2 aromatic carbocycles. The first-order valence-electron chi connectivity index (χ1n) is 8.98. The van der Waals surface area contributed by atoms with Gasteiger partial charge >= 0.3 is 0 Å². The van der Waals surface area contributed by atoms with Crippen molar-refractivity contribution >= 4 is 17.9 Å². The van der Waals surface area contributed by atoms with Gasteiger partial charge in [-0.25, -0.2) is 0 Å². The van der Waals surface area contributed by atoms with Gasteiger partial charge in [0.1, 0.15) is 17.8 Å². The van der Waals surface area contributed by atoms with Gasteiger partial charge in [-0.1, -0.05) is 25.1 Å². The lowest BCUT2D eigenvalue weighted by Gasteiger charge is -2.34. The summed E-state index contributed by atoms with van der Waals surface area (Å²) in [6.07, 6.45) is 2.56. The highest BCUT2D eigenvalue weighted by atomic mass is 16.5. The lowest BCUT2D eigenvalue weighted by molar-refractivity contribution is -0.126. The normalized spacial score (nSPS) is 16.0. The summed E-state index contributed by atoms with van der Waals surface area (Å²) in [7, 11) is 0. The zero-order valence-electron chi connectivity index (χ0n) is 14.9. The third-order valence-electron chi connectivity index (χ3n) is 4.38.